The molecule has 0 radical (unpaired) electrons. The molecular weight excluding hydrogens is 218 g/mol. The van der Waals surface area contributed by atoms with E-state index in [4.69, 9.17) is 4.74 Å². The van der Waals surface area contributed by atoms with Gasteiger partial charge in [0.2, 0.25) is 0 Å². The summed E-state index contributed by atoms with van der Waals surface area (Å²) in [5, 5.41) is 3.61. The number of aryl methyl sites for hydroxylation is 1. The molecular formula is C13H19NOS. The van der Waals surface area contributed by atoms with Crippen molar-refractivity contribution in [1.82, 2.24) is 0 Å². The Kier molecular flexibility index (Phi) is 3.33. The van der Waals surface area contributed by atoms with E-state index in [-0.39, 0.29) is 0 Å². The van der Waals surface area contributed by atoms with Crippen molar-refractivity contribution >= 4 is 17.4 Å². The first-order valence-electron chi connectivity index (χ1n) is 5.70. The Labute approximate surface area is 102 Å². The third kappa shape index (κ3) is 2.01. The molecule has 88 valence electrons. The van der Waals surface area contributed by atoms with Crippen molar-refractivity contribution in [3.8, 4) is 5.75 Å². The average molecular weight is 237 g/mol. The average Bonchev–Trinajstić information content (AvgIpc) is 2.29. The summed E-state index contributed by atoms with van der Waals surface area (Å²) < 4.78 is 5.42. The van der Waals surface area contributed by atoms with Crippen LogP contribution in [0.25, 0.3) is 0 Å². The van der Waals surface area contributed by atoms with Gasteiger partial charge in [0.15, 0.2) is 0 Å². The molecule has 1 aliphatic heterocycles. The molecule has 0 aliphatic carbocycles. The van der Waals surface area contributed by atoms with E-state index < -0.39 is 0 Å². The second-order valence-corrected chi connectivity index (χ2v) is 5.62. The fourth-order valence-corrected chi connectivity index (χ4v) is 3.33. The molecule has 0 bridgehead atoms. The minimum absolute atomic E-state index is 0.535. The predicted molar refractivity (Wildman–Crippen MR) is 70.7 cm³/mol. The standard InChI is InChI=1S/C13H19NOS/c1-8(2)10-7-16-13-9(3)5-6-11(15-4)12(13)14-10/h5-6,8,10,14H,7H2,1-4H3. The van der Waals surface area contributed by atoms with Crippen molar-refractivity contribution < 1.29 is 4.74 Å². The monoisotopic (exact) mass is 237 g/mol. The number of nitrogens with one attached hydrogen (secondary N) is 1. The Balaban J connectivity index is 2.38. The fourth-order valence-electron chi connectivity index (χ4n) is 1.92. The Morgan fingerprint density at radius 3 is 2.81 bits per heavy atom. The lowest BCUT2D eigenvalue weighted by Crippen LogP contribution is -2.31. The second-order valence-electron chi connectivity index (χ2n) is 4.59. The quantitative estimate of drug-likeness (QED) is 0.850. The third-order valence-corrected chi connectivity index (χ3v) is 4.42. The lowest BCUT2D eigenvalue weighted by Gasteiger charge is -2.31. The Morgan fingerprint density at radius 2 is 2.19 bits per heavy atom. The number of hydrogen-bond acceptors (Lipinski definition) is 3. The number of rotatable bonds is 2. The highest BCUT2D eigenvalue weighted by Crippen LogP contribution is 2.42. The van der Waals surface area contributed by atoms with Gasteiger partial charge in [0.1, 0.15) is 5.75 Å². The second kappa shape index (κ2) is 4.58. The van der Waals surface area contributed by atoms with Gasteiger partial charge in [-0.05, 0) is 24.5 Å². The zero-order valence-corrected chi connectivity index (χ0v) is 11.1. The van der Waals surface area contributed by atoms with Gasteiger partial charge in [0, 0.05) is 16.7 Å². The van der Waals surface area contributed by atoms with Crippen molar-refractivity contribution in [2.45, 2.75) is 31.7 Å². The molecule has 2 nitrogen and oxygen atoms in total. The van der Waals surface area contributed by atoms with Crippen LogP contribution in [0.4, 0.5) is 5.69 Å². The van der Waals surface area contributed by atoms with Crippen LogP contribution in [-0.2, 0) is 0 Å². The van der Waals surface area contributed by atoms with Gasteiger partial charge in [-0.2, -0.15) is 0 Å². The minimum Gasteiger partial charge on any atom is -0.495 e. The van der Waals surface area contributed by atoms with Crippen LogP contribution in [0.3, 0.4) is 0 Å². The van der Waals surface area contributed by atoms with Crippen molar-refractivity contribution in [1.29, 1.82) is 0 Å². The SMILES string of the molecule is COc1ccc(C)c2c1NC(C(C)C)CS2. The molecule has 1 atom stereocenters. The van der Waals surface area contributed by atoms with Crippen molar-refractivity contribution in [2.24, 2.45) is 5.92 Å². The molecule has 16 heavy (non-hydrogen) atoms. The van der Waals surface area contributed by atoms with Gasteiger partial charge in [-0.15, -0.1) is 11.8 Å². The van der Waals surface area contributed by atoms with E-state index in [1.54, 1.807) is 7.11 Å². The van der Waals surface area contributed by atoms with Gasteiger partial charge in [0.25, 0.3) is 0 Å². The number of hydrogen-bond donors (Lipinski definition) is 1. The summed E-state index contributed by atoms with van der Waals surface area (Å²) in [5.74, 6) is 2.74. The first-order valence-corrected chi connectivity index (χ1v) is 6.69. The summed E-state index contributed by atoms with van der Waals surface area (Å²) >= 11 is 1.94. The number of benzene rings is 1. The topological polar surface area (TPSA) is 21.3 Å². The summed E-state index contributed by atoms with van der Waals surface area (Å²) in [4.78, 5) is 1.34. The van der Waals surface area contributed by atoms with E-state index in [0.29, 0.717) is 12.0 Å². The molecule has 1 aromatic rings. The molecule has 1 heterocycles. The smallest absolute Gasteiger partial charge is 0.143 e. The van der Waals surface area contributed by atoms with Gasteiger partial charge < -0.3 is 10.1 Å². The first kappa shape index (κ1) is 11.6. The Hall–Kier alpha value is -0.830. The molecule has 2 rings (SSSR count). The van der Waals surface area contributed by atoms with Crippen LogP contribution >= 0.6 is 11.8 Å². The van der Waals surface area contributed by atoms with E-state index in [1.807, 2.05) is 17.8 Å². The zero-order valence-electron chi connectivity index (χ0n) is 10.3. The number of anilines is 1. The molecule has 1 aliphatic rings. The molecule has 1 unspecified atom stereocenters. The van der Waals surface area contributed by atoms with Gasteiger partial charge in [-0.25, -0.2) is 0 Å². The highest BCUT2D eigenvalue weighted by atomic mass is 32.2. The minimum atomic E-state index is 0.535. The van der Waals surface area contributed by atoms with Crippen LogP contribution in [0, 0.1) is 12.8 Å². The molecule has 3 heteroatoms. The van der Waals surface area contributed by atoms with E-state index in [0.717, 1.165) is 11.5 Å². The predicted octanol–water partition coefficient (Wildman–Crippen LogP) is 3.55. The number of thioether (sulfide) groups is 1. The zero-order chi connectivity index (χ0) is 11.7. The molecule has 0 aromatic heterocycles. The van der Waals surface area contributed by atoms with Crippen LogP contribution in [-0.4, -0.2) is 18.9 Å². The molecule has 0 saturated carbocycles. The van der Waals surface area contributed by atoms with Crippen LogP contribution in [0.5, 0.6) is 5.75 Å². The Morgan fingerprint density at radius 1 is 1.44 bits per heavy atom. The summed E-state index contributed by atoms with van der Waals surface area (Å²) in [6.45, 7) is 6.67. The normalized spacial score (nSPS) is 19.2. The molecule has 0 fully saturated rings. The third-order valence-electron chi connectivity index (χ3n) is 3.08. The van der Waals surface area contributed by atoms with Gasteiger partial charge in [-0.3, -0.25) is 0 Å². The van der Waals surface area contributed by atoms with Crippen molar-refractivity contribution in [3.63, 3.8) is 0 Å². The maximum Gasteiger partial charge on any atom is 0.143 e. The molecule has 0 amide bonds. The highest BCUT2D eigenvalue weighted by molar-refractivity contribution is 7.99. The van der Waals surface area contributed by atoms with Crippen LogP contribution < -0.4 is 10.1 Å². The maximum atomic E-state index is 5.42. The van der Waals surface area contributed by atoms with E-state index in [9.17, 15) is 0 Å². The highest BCUT2D eigenvalue weighted by Gasteiger charge is 2.24. The van der Waals surface area contributed by atoms with Crippen LogP contribution in [0.2, 0.25) is 0 Å². The lowest BCUT2D eigenvalue weighted by atomic mass is 10.0. The number of fused-ring (bicyclic) bond motifs is 1. The summed E-state index contributed by atoms with van der Waals surface area (Å²) in [5.41, 5.74) is 2.51. The molecule has 1 N–H and O–H groups in total. The van der Waals surface area contributed by atoms with E-state index in [1.165, 1.54) is 16.1 Å². The van der Waals surface area contributed by atoms with Crippen LogP contribution in [0.1, 0.15) is 19.4 Å². The largest absolute Gasteiger partial charge is 0.495 e. The molecule has 0 spiro atoms. The molecule has 1 aromatic carbocycles. The first-order chi connectivity index (χ1) is 7.63. The number of ether oxygens (including phenoxy) is 1. The summed E-state index contributed by atoms with van der Waals surface area (Å²) in [6, 6.07) is 4.71. The lowest BCUT2D eigenvalue weighted by molar-refractivity contribution is 0.413. The van der Waals surface area contributed by atoms with Crippen LogP contribution in [0.15, 0.2) is 17.0 Å². The fraction of sp³-hybridized carbons (Fsp3) is 0.538. The van der Waals surface area contributed by atoms with E-state index in [2.05, 4.69) is 32.2 Å². The van der Waals surface area contributed by atoms with Gasteiger partial charge in [0.05, 0.1) is 12.8 Å². The van der Waals surface area contributed by atoms with Gasteiger partial charge >= 0.3 is 0 Å². The summed E-state index contributed by atoms with van der Waals surface area (Å²) in [7, 11) is 1.73. The van der Waals surface area contributed by atoms with Gasteiger partial charge in [-0.1, -0.05) is 19.9 Å². The van der Waals surface area contributed by atoms with Crippen molar-refractivity contribution in [3.05, 3.63) is 17.7 Å². The number of methoxy groups -OCH3 is 1. The van der Waals surface area contributed by atoms with Crippen molar-refractivity contribution in [2.75, 3.05) is 18.2 Å². The molecule has 0 saturated heterocycles. The Bertz CT molecular complexity index is 390. The maximum absolute atomic E-state index is 5.42. The van der Waals surface area contributed by atoms with E-state index >= 15 is 0 Å². The summed E-state index contributed by atoms with van der Waals surface area (Å²) in [6.07, 6.45) is 0.